The maximum absolute atomic E-state index is 12.2. The number of hydrogen-bond acceptors (Lipinski definition) is 3. The van der Waals surface area contributed by atoms with Gasteiger partial charge in [0.2, 0.25) is 5.91 Å². The summed E-state index contributed by atoms with van der Waals surface area (Å²) < 4.78 is 0. The van der Waals surface area contributed by atoms with E-state index in [4.69, 9.17) is 5.26 Å². The summed E-state index contributed by atoms with van der Waals surface area (Å²) >= 11 is 0. The first-order valence-corrected chi connectivity index (χ1v) is 6.42. The van der Waals surface area contributed by atoms with Crippen molar-refractivity contribution in [1.82, 2.24) is 0 Å². The van der Waals surface area contributed by atoms with E-state index in [9.17, 15) is 4.79 Å². The predicted octanol–water partition coefficient (Wildman–Crippen LogP) is 2.53. The zero-order chi connectivity index (χ0) is 13.9. The van der Waals surface area contributed by atoms with Gasteiger partial charge in [-0.05, 0) is 29.8 Å². The van der Waals surface area contributed by atoms with Crippen molar-refractivity contribution < 1.29 is 4.79 Å². The minimum absolute atomic E-state index is 0.0868. The predicted molar refractivity (Wildman–Crippen MR) is 77.3 cm³/mol. The van der Waals surface area contributed by atoms with E-state index < -0.39 is 0 Å². The Morgan fingerprint density at radius 1 is 1.25 bits per heavy atom. The fourth-order valence-electron chi connectivity index (χ4n) is 2.35. The lowest BCUT2D eigenvalue weighted by atomic mass is 10.1. The van der Waals surface area contributed by atoms with Crippen LogP contribution in [-0.2, 0) is 11.2 Å². The van der Waals surface area contributed by atoms with Crippen LogP contribution in [0.15, 0.2) is 48.5 Å². The van der Waals surface area contributed by atoms with Gasteiger partial charge in [-0.3, -0.25) is 4.79 Å². The summed E-state index contributed by atoms with van der Waals surface area (Å²) in [4.78, 5) is 12.2. The van der Waals surface area contributed by atoms with E-state index in [1.807, 2.05) is 24.3 Å². The molecule has 2 N–H and O–H groups in total. The van der Waals surface area contributed by atoms with Gasteiger partial charge in [0.05, 0.1) is 11.6 Å². The molecule has 0 fully saturated rings. The van der Waals surface area contributed by atoms with Gasteiger partial charge in [0.1, 0.15) is 6.04 Å². The lowest BCUT2D eigenvalue weighted by Crippen LogP contribution is -2.32. The number of hydrogen-bond donors (Lipinski definition) is 2. The van der Waals surface area contributed by atoms with Gasteiger partial charge >= 0.3 is 0 Å². The molecule has 0 spiro atoms. The normalized spacial score (nSPS) is 15.8. The second-order valence-electron chi connectivity index (χ2n) is 4.74. The zero-order valence-corrected chi connectivity index (χ0v) is 10.8. The van der Waals surface area contributed by atoms with Crippen molar-refractivity contribution in [2.75, 3.05) is 10.6 Å². The Kier molecular flexibility index (Phi) is 3.10. The number of carbonyl (C=O) groups excluding carboxylic acids is 1. The van der Waals surface area contributed by atoms with E-state index in [2.05, 4.69) is 16.7 Å². The van der Waals surface area contributed by atoms with Crippen LogP contribution in [0.3, 0.4) is 0 Å². The van der Waals surface area contributed by atoms with Crippen molar-refractivity contribution in [3.63, 3.8) is 0 Å². The fraction of sp³-hybridized carbons (Fsp3) is 0.125. The second-order valence-corrected chi connectivity index (χ2v) is 4.74. The van der Waals surface area contributed by atoms with Crippen molar-refractivity contribution in [3.05, 3.63) is 59.7 Å². The van der Waals surface area contributed by atoms with Crippen LogP contribution in [0.4, 0.5) is 11.4 Å². The molecule has 0 saturated carbocycles. The van der Waals surface area contributed by atoms with Gasteiger partial charge in [0.25, 0.3) is 0 Å². The number of anilines is 2. The van der Waals surface area contributed by atoms with Crippen molar-refractivity contribution in [3.8, 4) is 6.07 Å². The SMILES string of the molecule is N#Cc1cccc(NC(=O)C2Cc3ccccc3N2)c1. The summed E-state index contributed by atoms with van der Waals surface area (Å²) in [7, 11) is 0. The monoisotopic (exact) mass is 263 g/mol. The first kappa shape index (κ1) is 12.2. The molecule has 0 radical (unpaired) electrons. The summed E-state index contributed by atoms with van der Waals surface area (Å²) in [6.07, 6.45) is 0.681. The fourth-order valence-corrected chi connectivity index (χ4v) is 2.35. The van der Waals surface area contributed by atoms with E-state index in [0.717, 1.165) is 11.3 Å². The first-order chi connectivity index (χ1) is 9.76. The molecule has 0 aromatic heterocycles. The van der Waals surface area contributed by atoms with Gasteiger partial charge in [-0.2, -0.15) is 5.26 Å². The lowest BCUT2D eigenvalue weighted by Gasteiger charge is -2.12. The number of amides is 1. The van der Waals surface area contributed by atoms with Gasteiger partial charge < -0.3 is 10.6 Å². The van der Waals surface area contributed by atoms with Gasteiger partial charge in [0, 0.05) is 17.8 Å². The largest absolute Gasteiger partial charge is 0.373 e. The summed E-state index contributed by atoms with van der Waals surface area (Å²) in [6.45, 7) is 0. The number of carbonyl (C=O) groups is 1. The van der Waals surface area contributed by atoms with Crippen LogP contribution < -0.4 is 10.6 Å². The Hall–Kier alpha value is -2.80. The molecule has 1 amide bonds. The number of nitrogens with one attached hydrogen (secondary N) is 2. The molecular formula is C16H13N3O. The third-order valence-corrected chi connectivity index (χ3v) is 3.35. The average Bonchev–Trinajstić information content (AvgIpc) is 2.91. The molecular weight excluding hydrogens is 250 g/mol. The van der Waals surface area contributed by atoms with Crippen LogP contribution in [0.25, 0.3) is 0 Å². The minimum Gasteiger partial charge on any atom is -0.373 e. The molecule has 2 aromatic rings. The molecule has 98 valence electrons. The third kappa shape index (κ3) is 2.34. The number of benzene rings is 2. The standard InChI is InChI=1S/C16H13N3O/c17-10-11-4-3-6-13(8-11)18-16(20)15-9-12-5-1-2-7-14(12)19-15/h1-8,15,19H,9H2,(H,18,20). The zero-order valence-electron chi connectivity index (χ0n) is 10.8. The van der Waals surface area contributed by atoms with Crippen molar-refractivity contribution in [2.24, 2.45) is 0 Å². The highest BCUT2D eigenvalue weighted by Gasteiger charge is 2.26. The average molecular weight is 263 g/mol. The van der Waals surface area contributed by atoms with Crippen LogP contribution in [0, 0.1) is 11.3 Å². The van der Waals surface area contributed by atoms with Gasteiger partial charge in [-0.15, -0.1) is 0 Å². The Morgan fingerprint density at radius 2 is 2.10 bits per heavy atom. The summed E-state index contributed by atoms with van der Waals surface area (Å²) in [5, 5.41) is 14.9. The van der Waals surface area contributed by atoms with Gasteiger partial charge in [-0.25, -0.2) is 0 Å². The molecule has 1 unspecified atom stereocenters. The van der Waals surface area contributed by atoms with Crippen LogP contribution in [0.2, 0.25) is 0 Å². The molecule has 3 rings (SSSR count). The molecule has 0 bridgehead atoms. The molecule has 1 atom stereocenters. The first-order valence-electron chi connectivity index (χ1n) is 6.42. The molecule has 2 aromatic carbocycles. The van der Waals surface area contributed by atoms with Gasteiger partial charge in [-0.1, -0.05) is 24.3 Å². The highest BCUT2D eigenvalue weighted by atomic mass is 16.2. The molecule has 4 nitrogen and oxygen atoms in total. The van der Waals surface area contributed by atoms with E-state index in [0.29, 0.717) is 17.7 Å². The summed E-state index contributed by atoms with van der Waals surface area (Å²) in [6, 6.07) is 16.6. The van der Waals surface area contributed by atoms with Crippen molar-refractivity contribution >= 4 is 17.3 Å². The lowest BCUT2D eigenvalue weighted by molar-refractivity contribution is -0.116. The molecule has 1 heterocycles. The third-order valence-electron chi connectivity index (χ3n) is 3.35. The van der Waals surface area contributed by atoms with E-state index >= 15 is 0 Å². The highest BCUT2D eigenvalue weighted by molar-refractivity contribution is 5.98. The quantitative estimate of drug-likeness (QED) is 0.875. The topological polar surface area (TPSA) is 64.9 Å². The van der Waals surface area contributed by atoms with Crippen LogP contribution >= 0.6 is 0 Å². The van der Waals surface area contributed by atoms with Crippen LogP contribution in [0.1, 0.15) is 11.1 Å². The van der Waals surface area contributed by atoms with E-state index in [-0.39, 0.29) is 11.9 Å². The molecule has 0 aliphatic carbocycles. The van der Waals surface area contributed by atoms with E-state index in [1.165, 1.54) is 0 Å². The Morgan fingerprint density at radius 3 is 2.90 bits per heavy atom. The maximum atomic E-state index is 12.2. The van der Waals surface area contributed by atoms with Crippen LogP contribution in [-0.4, -0.2) is 11.9 Å². The molecule has 4 heteroatoms. The number of para-hydroxylation sites is 1. The Balaban J connectivity index is 1.71. The maximum Gasteiger partial charge on any atom is 0.247 e. The van der Waals surface area contributed by atoms with E-state index in [1.54, 1.807) is 24.3 Å². The number of fused-ring (bicyclic) bond motifs is 1. The van der Waals surface area contributed by atoms with Crippen LogP contribution in [0.5, 0.6) is 0 Å². The second kappa shape index (κ2) is 5.06. The highest BCUT2D eigenvalue weighted by Crippen LogP contribution is 2.25. The molecule has 0 saturated heterocycles. The van der Waals surface area contributed by atoms with Gasteiger partial charge in [0.15, 0.2) is 0 Å². The van der Waals surface area contributed by atoms with Crippen molar-refractivity contribution in [2.45, 2.75) is 12.5 Å². The molecule has 1 aliphatic heterocycles. The minimum atomic E-state index is -0.266. The Labute approximate surface area is 117 Å². The number of nitrogens with zero attached hydrogens (tertiary/aromatic N) is 1. The number of rotatable bonds is 2. The van der Waals surface area contributed by atoms with Crippen molar-refractivity contribution in [1.29, 1.82) is 5.26 Å². The summed E-state index contributed by atoms with van der Waals surface area (Å²) in [5.74, 6) is -0.0868. The Bertz CT molecular complexity index is 678. The molecule has 20 heavy (non-hydrogen) atoms. The summed E-state index contributed by atoms with van der Waals surface area (Å²) in [5.41, 5.74) is 3.34. The number of nitriles is 1. The smallest absolute Gasteiger partial charge is 0.247 e. The molecule has 1 aliphatic rings.